The minimum Gasteiger partial charge on any atom is -0.337 e. The van der Waals surface area contributed by atoms with E-state index in [-0.39, 0.29) is 0 Å². The summed E-state index contributed by atoms with van der Waals surface area (Å²) in [5, 5.41) is 2.32. The summed E-state index contributed by atoms with van der Waals surface area (Å²) in [6.07, 6.45) is 7.77. The summed E-state index contributed by atoms with van der Waals surface area (Å²) >= 11 is 0. The molecule has 0 aliphatic carbocycles. The Bertz CT molecular complexity index is 275. The smallest absolute Gasteiger partial charge is 0.0945 e. The lowest BCUT2D eigenvalue weighted by atomic mass is 10.2. The largest absolute Gasteiger partial charge is 0.337 e. The standard InChI is InChI=1S/C10H18N4/c1-13-9-11-7-10(13)8-12-14-5-3-2-4-6-14/h7,9,12H,2-6,8H2,1H3. The molecular formula is C10H18N4. The molecule has 0 atom stereocenters. The van der Waals surface area contributed by atoms with Crippen LogP contribution in [0.5, 0.6) is 0 Å². The van der Waals surface area contributed by atoms with Gasteiger partial charge in [0.25, 0.3) is 0 Å². The summed E-state index contributed by atoms with van der Waals surface area (Å²) in [7, 11) is 2.03. The number of nitrogens with one attached hydrogen (secondary N) is 1. The van der Waals surface area contributed by atoms with Gasteiger partial charge in [0.15, 0.2) is 0 Å². The van der Waals surface area contributed by atoms with Crippen LogP contribution in [0.3, 0.4) is 0 Å². The highest BCUT2D eigenvalue weighted by Crippen LogP contribution is 2.06. The van der Waals surface area contributed by atoms with Crippen LogP contribution in [0.4, 0.5) is 0 Å². The summed E-state index contributed by atoms with van der Waals surface area (Å²) in [6, 6.07) is 0. The summed E-state index contributed by atoms with van der Waals surface area (Å²) in [4.78, 5) is 4.09. The van der Waals surface area contributed by atoms with Crippen molar-refractivity contribution in [3.63, 3.8) is 0 Å². The Labute approximate surface area is 84.9 Å². The first-order valence-corrected chi connectivity index (χ1v) is 5.30. The molecule has 2 rings (SSSR count). The second-order valence-electron chi connectivity index (χ2n) is 3.88. The molecule has 0 unspecified atom stereocenters. The van der Waals surface area contributed by atoms with Gasteiger partial charge in [-0.15, -0.1) is 0 Å². The normalized spacial score (nSPS) is 18.6. The molecular weight excluding hydrogens is 176 g/mol. The highest BCUT2D eigenvalue weighted by Gasteiger charge is 2.09. The number of hydrogen-bond acceptors (Lipinski definition) is 3. The topological polar surface area (TPSA) is 33.1 Å². The van der Waals surface area contributed by atoms with E-state index < -0.39 is 0 Å². The van der Waals surface area contributed by atoms with E-state index in [0.29, 0.717) is 0 Å². The lowest BCUT2D eigenvalue weighted by molar-refractivity contribution is 0.150. The van der Waals surface area contributed by atoms with Crippen LogP contribution < -0.4 is 5.43 Å². The molecule has 1 saturated heterocycles. The van der Waals surface area contributed by atoms with E-state index >= 15 is 0 Å². The van der Waals surface area contributed by atoms with Gasteiger partial charge in [-0.3, -0.25) is 0 Å². The van der Waals surface area contributed by atoms with Crippen LogP contribution in [-0.4, -0.2) is 27.6 Å². The summed E-state index contributed by atoms with van der Waals surface area (Å²) in [5.74, 6) is 0. The van der Waals surface area contributed by atoms with Crippen molar-refractivity contribution in [2.45, 2.75) is 25.8 Å². The van der Waals surface area contributed by atoms with Crippen LogP contribution >= 0.6 is 0 Å². The third kappa shape index (κ3) is 2.33. The number of aryl methyl sites for hydroxylation is 1. The number of piperidine rings is 1. The molecule has 2 heterocycles. The summed E-state index contributed by atoms with van der Waals surface area (Å²) in [6.45, 7) is 3.24. The maximum Gasteiger partial charge on any atom is 0.0945 e. The van der Waals surface area contributed by atoms with E-state index in [0.717, 1.165) is 6.54 Å². The van der Waals surface area contributed by atoms with Gasteiger partial charge < -0.3 is 4.57 Å². The van der Waals surface area contributed by atoms with E-state index in [9.17, 15) is 0 Å². The fourth-order valence-corrected chi connectivity index (χ4v) is 1.80. The van der Waals surface area contributed by atoms with Gasteiger partial charge in [-0.25, -0.2) is 15.4 Å². The average Bonchev–Trinajstić information content (AvgIpc) is 2.63. The summed E-state index contributed by atoms with van der Waals surface area (Å²) < 4.78 is 2.05. The van der Waals surface area contributed by atoms with Crippen molar-refractivity contribution in [3.05, 3.63) is 18.2 Å². The van der Waals surface area contributed by atoms with Gasteiger partial charge in [-0.1, -0.05) is 6.42 Å². The second-order valence-corrected chi connectivity index (χ2v) is 3.88. The van der Waals surface area contributed by atoms with Crippen LogP contribution in [0.25, 0.3) is 0 Å². The van der Waals surface area contributed by atoms with Crippen molar-refractivity contribution >= 4 is 0 Å². The second kappa shape index (κ2) is 4.57. The highest BCUT2D eigenvalue weighted by atomic mass is 15.5. The Kier molecular flexibility index (Phi) is 3.16. The predicted octanol–water partition coefficient (Wildman–Crippen LogP) is 0.911. The number of nitrogens with zero attached hydrogens (tertiary/aromatic N) is 3. The summed E-state index contributed by atoms with van der Waals surface area (Å²) in [5.41, 5.74) is 4.67. The van der Waals surface area contributed by atoms with Crippen molar-refractivity contribution < 1.29 is 0 Å². The molecule has 1 N–H and O–H groups in total. The molecule has 1 aromatic rings. The van der Waals surface area contributed by atoms with Gasteiger partial charge in [-0.05, 0) is 12.8 Å². The van der Waals surface area contributed by atoms with Gasteiger partial charge >= 0.3 is 0 Å². The number of rotatable bonds is 3. The zero-order valence-corrected chi connectivity index (χ0v) is 8.74. The molecule has 4 nitrogen and oxygen atoms in total. The Morgan fingerprint density at radius 1 is 1.36 bits per heavy atom. The SMILES string of the molecule is Cn1cncc1CNN1CCCCC1. The lowest BCUT2D eigenvalue weighted by Crippen LogP contribution is -2.41. The van der Waals surface area contributed by atoms with Crippen molar-refractivity contribution in [2.24, 2.45) is 7.05 Å². The minimum absolute atomic E-state index is 0.885. The van der Waals surface area contributed by atoms with Crippen LogP contribution in [-0.2, 0) is 13.6 Å². The van der Waals surface area contributed by atoms with E-state index in [1.807, 2.05) is 19.6 Å². The maximum atomic E-state index is 4.09. The number of aromatic nitrogens is 2. The van der Waals surface area contributed by atoms with Crippen LogP contribution in [0.1, 0.15) is 25.0 Å². The quantitative estimate of drug-likeness (QED) is 0.776. The maximum absolute atomic E-state index is 4.09. The van der Waals surface area contributed by atoms with E-state index in [4.69, 9.17) is 0 Å². The first-order chi connectivity index (χ1) is 6.86. The molecule has 0 bridgehead atoms. The van der Waals surface area contributed by atoms with Crippen LogP contribution in [0.2, 0.25) is 0 Å². The minimum atomic E-state index is 0.885. The first-order valence-electron chi connectivity index (χ1n) is 5.30. The van der Waals surface area contributed by atoms with Gasteiger partial charge in [0.05, 0.1) is 18.6 Å². The van der Waals surface area contributed by atoms with Crippen LogP contribution in [0.15, 0.2) is 12.5 Å². The fourth-order valence-electron chi connectivity index (χ4n) is 1.80. The van der Waals surface area contributed by atoms with Gasteiger partial charge in [-0.2, -0.15) is 0 Å². The first kappa shape index (κ1) is 9.68. The third-order valence-electron chi connectivity index (χ3n) is 2.76. The molecule has 0 amide bonds. The molecule has 0 saturated carbocycles. The lowest BCUT2D eigenvalue weighted by Gasteiger charge is -2.27. The molecule has 14 heavy (non-hydrogen) atoms. The Hall–Kier alpha value is -0.870. The van der Waals surface area contributed by atoms with Crippen molar-refractivity contribution in [3.8, 4) is 0 Å². The monoisotopic (exact) mass is 194 g/mol. The van der Waals surface area contributed by atoms with E-state index in [1.165, 1.54) is 38.0 Å². The third-order valence-corrected chi connectivity index (χ3v) is 2.76. The number of imidazole rings is 1. The van der Waals surface area contributed by atoms with Gasteiger partial charge in [0.1, 0.15) is 0 Å². The number of hydrazine groups is 1. The molecule has 0 radical (unpaired) electrons. The Morgan fingerprint density at radius 2 is 2.14 bits per heavy atom. The molecule has 78 valence electrons. The fraction of sp³-hybridized carbons (Fsp3) is 0.700. The molecule has 0 aromatic carbocycles. The molecule has 1 aliphatic heterocycles. The zero-order chi connectivity index (χ0) is 9.80. The Morgan fingerprint density at radius 3 is 2.79 bits per heavy atom. The molecule has 1 aromatic heterocycles. The number of hydrogen-bond donors (Lipinski definition) is 1. The molecule has 0 spiro atoms. The van der Waals surface area contributed by atoms with Crippen molar-refractivity contribution in [2.75, 3.05) is 13.1 Å². The van der Waals surface area contributed by atoms with Gasteiger partial charge in [0.2, 0.25) is 0 Å². The molecule has 1 aliphatic rings. The van der Waals surface area contributed by atoms with Crippen molar-refractivity contribution in [1.29, 1.82) is 0 Å². The molecule has 1 fully saturated rings. The van der Waals surface area contributed by atoms with Crippen molar-refractivity contribution in [1.82, 2.24) is 20.0 Å². The molecule has 4 heteroatoms. The van der Waals surface area contributed by atoms with E-state index in [1.54, 1.807) is 0 Å². The predicted molar refractivity (Wildman–Crippen MR) is 55.5 cm³/mol. The Balaban J connectivity index is 1.79. The van der Waals surface area contributed by atoms with Gasteiger partial charge in [0, 0.05) is 26.3 Å². The zero-order valence-electron chi connectivity index (χ0n) is 8.74. The van der Waals surface area contributed by atoms with E-state index in [2.05, 4.69) is 20.0 Å². The van der Waals surface area contributed by atoms with Crippen LogP contribution in [0, 0.1) is 0 Å². The highest BCUT2D eigenvalue weighted by molar-refractivity contribution is 4.96. The average molecular weight is 194 g/mol.